The number of pyridine rings is 1. The second kappa shape index (κ2) is 6.76. The van der Waals surface area contributed by atoms with E-state index in [4.69, 9.17) is 16.6 Å². The first-order valence-corrected chi connectivity index (χ1v) is 9.19. The highest BCUT2D eigenvalue weighted by Gasteiger charge is 2.44. The van der Waals surface area contributed by atoms with Gasteiger partial charge in [0.05, 0.1) is 28.5 Å². The summed E-state index contributed by atoms with van der Waals surface area (Å²) in [7, 11) is 0. The minimum Gasteiger partial charge on any atom is -0.449 e. The second-order valence-electron chi connectivity index (χ2n) is 7.50. The lowest BCUT2D eigenvalue weighted by Gasteiger charge is -2.27. The van der Waals surface area contributed by atoms with Crippen LogP contribution >= 0.6 is 0 Å². The minimum absolute atomic E-state index is 0.00117. The number of alkyl halides is 3. The third kappa shape index (κ3) is 3.20. The summed E-state index contributed by atoms with van der Waals surface area (Å²) < 4.78 is 63.5. The second-order valence-corrected chi connectivity index (χ2v) is 7.50. The molecular weight excluding hydrogens is 412 g/mol. The molecule has 1 saturated carbocycles. The SMILES string of the molecule is Nc1c(F)c(N2CCC(N)C2)c(C(F)(F)F)c2c1c(=O)c(OC(=O)O)cn2C1CC1. The van der Waals surface area contributed by atoms with Gasteiger partial charge in [-0.2, -0.15) is 13.2 Å². The molecule has 1 aromatic carbocycles. The molecule has 1 atom stereocenters. The van der Waals surface area contributed by atoms with Crippen LogP contribution in [0.2, 0.25) is 0 Å². The molecule has 0 spiro atoms. The maximum Gasteiger partial charge on any atom is 0.511 e. The fraction of sp³-hybridized carbons (Fsp3) is 0.444. The van der Waals surface area contributed by atoms with Gasteiger partial charge < -0.3 is 30.8 Å². The number of nitrogens with two attached hydrogens (primary N) is 2. The lowest BCUT2D eigenvalue weighted by atomic mass is 10.0. The van der Waals surface area contributed by atoms with Crippen LogP contribution in [0.15, 0.2) is 11.0 Å². The number of carbonyl (C=O) groups is 1. The van der Waals surface area contributed by atoms with E-state index in [0.717, 1.165) is 10.8 Å². The van der Waals surface area contributed by atoms with Crippen molar-refractivity contribution in [2.75, 3.05) is 23.7 Å². The van der Waals surface area contributed by atoms with Crippen molar-refractivity contribution in [1.82, 2.24) is 4.57 Å². The van der Waals surface area contributed by atoms with Gasteiger partial charge in [-0.25, -0.2) is 9.18 Å². The maximum atomic E-state index is 15.2. The van der Waals surface area contributed by atoms with Gasteiger partial charge in [0.1, 0.15) is 5.56 Å². The molecule has 1 aliphatic heterocycles. The molecule has 12 heteroatoms. The predicted octanol–water partition coefficient (Wildman–Crippen LogP) is 2.67. The van der Waals surface area contributed by atoms with Crippen LogP contribution < -0.4 is 26.5 Å². The summed E-state index contributed by atoms with van der Waals surface area (Å²) in [5.74, 6) is -2.13. The maximum absolute atomic E-state index is 15.2. The standard InChI is InChI=1S/C18H18F4N4O4/c19-12-13(24)10-14(11(18(20,21)22)15(12)25-4-3-7(23)5-25)26(8-1-2-8)6-9(16(10)27)30-17(28)29/h6-8H,1-5,23-24H2,(H,28,29). The van der Waals surface area contributed by atoms with Crippen molar-refractivity contribution in [2.45, 2.75) is 37.5 Å². The average molecular weight is 430 g/mol. The highest BCUT2D eigenvalue weighted by Crippen LogP contribution is 2.48. The highest BCUT2D eigenvalue weighted by molar-refractivity contribution is 5.99. The van der Waals surface area contributed by atoms with Crippen LogP contribution in [0.4, 0.5) is 33.7 Å². The van der Waals surface area contributed by atoms with E-state index in [9.17, 15) is 22.8 Å². The molecule has 2 fully saturated rings. The van der Waals surface area contributed by atoms with Gasteiger partial charge in [-0.3, -0.25) is 4.79 Å². The summed E-state index contributed by atoms with van der Waals surface area (Å²) in [6, 6.07) is -0.858. The molecule has 30 heavy (non-hydrogen) atoms. The first-order chi connectivity index (χ1) is 14.0. The molecule has 2 heterocycles. The molecule has 0 bridgehead atoms. The molecule has 2 aliphatic rings. The molecular formula is C18H18F4N4O4. The number of halogens is 4. The number of nitrogen functional groups attached to an aromatic ring is 1. The highest BCUT2D eigenvalue weighted by atomic mass is 19.4. The van der Waals surface area contributed by atoms with Crippen LogP contribution in [0.1, 0.15) is 30.9 Å². The van der Waals surface area contributed by atoms with Gasteiger partial charge >= 0.3 is 12.3 Å². The summed E-state index contributed by atoms with van der Waals surface area (Å²) in [6.45, 7) is 0.0960. The number of rotatable bonds is 3. The molecule has 0 radical (unpaired) electrons. The Labute approximate surface area is 166 Å². The Morgan fingerprint density at radius 3 is 2.43 bits per heavy atom. The first kappa shape index (κ1) is 20.3. The van der Waals surface area contributed by atoms with Crippen LogP contribution in [0.5, 0.6) is 5.75 Å². The summed E-state index contributed by atoms with van der Waals surface area (Å²) in [5.41, 5.74) is 6.93. The van der Waals surface area contributed by atoms with Crippen molar-refractivity contribution in [1.29, 1.82) is 0 Å². The third-order valence-corrected chi connectivity index (χ3v) is 5.35. The molecule has 0 amide bonds. The monoisotopic (exact) mass is 430 g/mol. The molecule has 5 N–H and O–H groups in total. The van der Waals surface area contributed by atoms with Crippen LogP contribution in [0.3, 0.4) is 0 Å². The van der Waals surface area contributed by atoms with Crippen molar-refractivity contribution in [2.24, 2.45) is 5.73 Å². The van der Waals surface area contributed by atoms with Gasteiger partial charge in [0.2, 0.25) is 5.43 Å². The molecule has 162 valence electrons. The molecule has 1 aliphatic carbocycles. The van der Waals surface area contributed by atoms with Crippen molar-refractivity contribution in [3.05, 3.63) is 27.8 Å². The lowest BCUT2D eigenvalue weighted by Crippen LogP contribution is -2.30. The number of benzene rings is 1. The Balaban J connectivity index is 2.15. The van der Waals surface area contributed by atoms with E-state index >= 15 is 4.39 Å². The number of anilines is 2. The third-order valence-electron chi connectivity index (χ3n) is 5.35. The number of aromatic nitrogens is 1. The minimum atomic E-state index is -5.02. The zero-order chi connectivity index (χ0) is 22.0. The summed E-state index contributed by atoms with van der Waals surface area (Å²) in [4.78, 5) is 24.8. The first-order valence-electron chi connectivity index (χ1n) is 9.19. The molecule has 1 aromatic heterocycles. The van der Waals surface area contributed by atoms with Gasteiger partial charge in [0.25, 0.3) is 0 Å². The number of hydrogen-bond acceptors (Lipinski definition) is 6. The molecule has 1 saturated heterocycles. The molecule has 1 unspecified atom stereocenters. The Kier molecular flexibility index (Phi) is 4.56. The Morgan fingerprint density at radius 2 is 1.93 bits per heavy atom. The van der Waals surface area contributed by atoms with Crippen LogP contribution in [-0.4, -0.2) is 35.0 Å². The van der Waals surface area contributed by atoms with E-state index < -0.39 is 69.3 Å². The number of carboxylic acid groups (broad SMARTS) is 1. The predicted molar refractivity (Wildman–Crippen MR) is 99.3 cm³/mol. The fourth-order valence-electron chi connectivity index (χ4n) is 3.94. The Hall–Kier alpha value is -3.02. The van der Waals surface area contributed by atoms with Crippen LogP contribution in [0.25, 0.3) is 10.9 Å². The largest absolute Gasteiger partial charge is 0.511 e. The number of nitrogens with zero attached hydrogens (tertiary/aromatic N) is 2. The molecule has 4 rings (SSSR count). The number of hydrogen-bond donors (Lipinski definition) is 3. The number of ether oxygens (including phenoxy) is 1. The summed E-state index contributed by atoms with van der Waals surface area (Å²) >= 11 is 0. The van der Waals surface area contributed by atoms with E-state index in [-0.39, 0.29) is 13.1 Å². The van der Waals surface area contributed by atoms with E-state index in [1.54, 1.807) is 0 Å². The van der Waals surface area contributed by atoms with Crippen molar-refractivity contribution in [3.63, 3.8) is 0 Å². The van der Waals surface area contributed by atoms with E-state index in [1.807, 2.05) is 0 Å². The summed E-state index contributed by atoms with van der Waals surface area (Å²) in [6.07, 6.45) is -4.55. The van der Waals surface area contributed by atoms with Crippen LogP contribution in [-0.2, 0) is 6.18 Å². The van der Waals surface area contributed by atoms with Gasteiger partial charge in [0, 0.05) is 25.2 Å². The smallest absolute Gasteiger partial charge is 0.449 e. The van der Waals surface area contributed by atoms with Gasteiger partial charge in [-0.15, -0.1) is 0 Å². The molecule has 8 nitrogen and oxygen atoms in total. The van der Waals surface area contributed by atoms with Crippen molar-refractivity contribution < 1.29 is 32.2 Å². The quantitative estimate of drug-likeness (QED) is 0.389. The van der Waals surface area contributed by atoms with Gasteiger partial charge in [-0.1, -0.05) is 0 Å². The average Bonchev–Trinajstić information content (AvgIpc) is 3.39. The van der Waals surface area contributed by atoms with E-state index in [2.05, 4.69) is 4.74 Å². The Bertz CT molecular complexity index is 1110. The normalized spacial score (nSPS) is 19.5. The van der Waals surface area contributed by atoms with Gasteiger partial charge in [-0.05, 0) is 19.3 Å². The topological polar surface area (TPSA) is 124 Å². The zero-order valence-electron chi connectivity index (χ0n) is 15.5. The lowest BCUT2D eigenvalue weighted by molar-refractivity contribution is -0.136. The fourth-order valence-corrected chi connectivity index (χ4v) is 3.94. The molecule has 2 aromatic rings. The van der Waals surface area contributed by atoms with Crippen molar-refractivity contribution in [3.8, 4) is 5.75 Å². The Morgan fingerprint density at radius 1 is 1.27 bits per heavy atom. The van der Waals surface area contributed by atoms with Gasteiger partial charge in [0.15, 0.2) is 11.6 Å². The zero-order valence-corrected chi connectivity index (χ0v) is 15.5. The van der Waals surface area contributed by atoms with E-state index in [1.165, 1.54) is 4.90 Å². The number of fused-ring (bicyclic) bond motifs is 1. The van der Waals surface area contributed by atoms with E-state index in [0.29, 0.717) is 19.3 Å². The van der Waals surface area contributed by atoms with Crippen LogP contribution in [0, 0.1) is 5.82 Å². The summed E-state index contributed by atoms with van der Waals surface area (Å²) in [5, 5.41) is 8.10. The van der Waals surface area contributed by atoms with Crippen molar-refractivity contribution >= 4 is 28.4 Å².